The lowest BCUT2D eigenvalue weighted by molar-refractivity contribution is 1.07. The number of nitrogens with zero attached hydrogens (tertiary/aromatic N) is 2. The Hall–Kier alpha value is -5.24. The summed E-state index contributed by atoms with van der Waals surface area (Å²) in [6, 6.07) is 50.9. The summed E-state index contributed by atoms with van der Waals surface area (Å²) in [7, 11) is 0. The molecule has 230 valence electrons. The summed E-state index contributed by atoms with van der Waals surface area (Å²) in [5.41, 5.74) is 36.5. The van der Waals surface area contributed by atoms with Crippen molar-refractivity contribution in [2.45, 2.75) is 26.2 Å². The first-order valence-electron chi connectivity index (χ1n) is 15.6. The maximum absolute atomic E-state index is 5.87. The predicted molar refractivity (Wildman–Crippen MR) is 193 cm³/mol. The summed E-state index contributed by atoms with van der Waals surface area (Å²) in [6.45, 7) is 2.05. The van der Waals surface area contributed by atoms with Crippen molar-refractivity contribution in [1.29, 1.82) is 0 Å². The SMILES string of the molecule is NCc1ccc(N(c2ccc(CN)cc2)c2ccc(-c3ccc(N(c4ccc(CN)cc4)c4ccc(CN)cc4)cc3)cc2)cc1. The van der Waals surface area contributed by atoms with Crippen molar-refractivity contribution in [3.8, 4) is 11.1 Å². The van der Waals surface area contributed by atoms with E-state index in [2.05, 4.69) is 155 Å². The van der Waals surface area contributed by atoms with Gasteiger partial charge in [-0.1, -0.05) is 72.8 Å². The summed E-state index contributed by atoms with van der Waals surface area (Å²) >= 11 is 0. The quantitative estimate of drug-likeness (QED) is 0.119. The Kier molecular flexibility index (Phi) is 9.53. The summed E-state index contributed by atoms with van der Waals surface area (Å²) < 4.78 is 0. The molecule has 0 bridgehead atoms. The smallest absolute Gasteiger partial charge is 0.0462 e. The number of hydrogen-bond donors (Lipinski definition) is 4. The summed E-state index contributed by atoms with van der Waals surface area (Å²) in [5.74, 6) is 0. The van der Waals surface area contributed by atoms with Crippen molar-refractivity contribution in [1.82, 2.24) is 0 Å². The number of anilines is 6. The average molecular weight is 605 g/mol. The number of rotatable bonds is 11. The van der Waals surface area contributed by atoms with Gasteiger partial charge in [-0.05, 0) is 106 Å². The Morgan fingerprint density at radius 2 is 0.435 bits per heavy atom. The molecule has 0 saturated heterocycles. The van der Waals surface area contributed by atoms with Gasteiger partial charge < -0.3 is 32.7 Å². The van der Waals surface area contributed by atoms with E-state index in [0.717, 1.165) is 67.5 Å². The first-order valence-corrected chi connectivity index (χ1v) is 15.6. The molecule has 6 aromatic carbocycles. The molecule has 0 unspecified atom stereocenters. The zero-order valence-corrected chi connectivity index (χ0v) is 25.9. The number of nitrogens with two attached hydrogens (primary N) is 4. The van der Waals surface area contributed by atoms with Gasteiger partial charge >= 0.3 is 0 Å². The molecular weight excluding hydrogens is 564 g/mol. The molecule has 0 fully saturated rings. The van der Waals surface area contributed by atoms with Crippen LogP contribution in [0.3, 0.4) is 0 Å². The van der Waals surface area contributed by atoms with Crippen LogP contribution in [0.5, 0.6) is 0 Å². The van der Waals surface area contributed by atoms with Crippen molar-refractivity contribution in [3.05, 3.63) is 168 Å². The average Bonchev–Trinajstić information content (AvgIpc) is 3.13. The largest absolute Gasteiger partial charge is 0.326 e. The summed E-state index contributed by atoms with van der Waals surface area (Å²) in [4.78, 5) is 4.49. The molecule has 46 heavy (non-hydrogen) atoms. The van der Waals surface area contributed by atoms with Crippen LogP contribution in [0.15, 0.2) is 146 Å². The van der Waals surface area contributed by atoms with Gasteiger partial charge in [-0.15, -0.1) is 0 Å². The Balaban J connectivity index is 1.31. The fourth-order valence-electron chi connectivity index (χ4n) is 5.62. The van der Waals surface area contributed by atoms with Crippen LogP contribution in [0.4, 0.5) is 34.1 Å². The van der Waals surface area contributed by atoms with Crippen molar-refractivity contribution < 1.29 is 0 Å². The van der Waals surface area contributed by atoms with Gasteiger partial charge in [-0.3, -0.25) is 0 Å². The molecule has 8 N–H and O–H groups in total. The minimum absolute atomic E-state index is 0.512. The van der Waals surface area contributed by atoms with Crippen LogP contribution in [-0.2, 0) is 26.2 Å². The Morgan fingerprint density at radius 1 is 0.261 bits per heavy atom. The van der Waals surface area contributed by atoms with Crippen LogP contribution in [0.2, 0.25) is 0 Å². The highest BCUT2D eigenvalue weighted by atomic mass is 15.1. The van der Waals surface area contributed by atoms with Crippen LogP contribution >= 0.6 is 0 Å². The third-order valence-electron chi connectivity index (χ3n) is 8.31. The van der Waals surface area contributed by atoms with Gasteiger partial charge in [0, 0.05) is 60.3 Å². The van der Waals surface area contributed by atoms with Gasteiger partial charge in [0.1, 0.15) is 0 Å². The van der Waals surface area contributed by atoms with E-state index in [1.165, 1.54) is 0 Å². The lowest BCUT2D eigenvalue weighted by atomic mass is 10.0. The number of hydrogen-bond acceptors (Lipinski definition) is 6. The van der Waals surface area contributed by atoms with E-state index in [4.69, 9.17) is 22.9 Å². The fraction of sp³-hybridized carbons (Fsp3) is 0.100. The summed E-state index contributed by atoms with van der Waals surface area (Å²) in [5, 5.41) is 0. The molecule has 0 saturated carbocycles. The van der Waals surface area contributed by atoms with Gasteiger partial charge in [-0.25, -0.2) is 0 Å². The second-order valence-corrected chi connectivity index (χ2v) is 11.2. The Morgan fingerprint density at radius 3 is 0.609 bits per heavy atom. The molecule has 6 aromatic rings. The highest BCUT2D eigenvalue weighted by Gasteiger charge is 2.15. The maximum Gasteiger partial charge on any atom is 0.0462 e. The Labute approximate surface area is 271 Å². The van der Waals surface area contributed by atoms with Crippen molar-refractivity contribution in [2.24, 2.45) is 22.9 Å². The molecule has 0 aliphatic rings. The monoisotopic (exact) mass is 604 g/mol. The van der Waals surface area contributed by atoms with Gasteiger partial charge in [-0.2, -0.15) is 0 Å². The third kappa shape index (κ3) is 6.71. The maximum atomic E-state index is 5.87. The number of benzene rings is 6. The second kappa shape index (κ2) is 14.2. The van der Waals surface area contributed by atoms with E-state index in [1.807, 2.05) is 0 Å². The highest BCUT2D eigenvalue weighted by molar-refractivity contribution is 5.81. The topological polar surface area (TPSA) is 111 Å². The Bertz CT molecular complexity index is 1590. The molecule has 0 spiro atoms. The highest BCUT2D eigenvalue weighted by Crippen LogP contribution is 2.38. The summed E-state index contributed by atoms with van der Waals surface area (Å²) in [6.07, 6.45) is 0. The zero-order chi connectivity index (χ0) is 31.9. The van der Waals surface area contributed by atoms with E-state index < -0.39 is 0 Å². The van der Waals surface area contributed by atoms with E-state index in [1.54, 1.807) is 0 Å². The molecule has 0 radical (unpaired) electrons. The van der Waals surface area contributed by atoms with Crippen LogP contribution < -0.4 is 32.7 Å². The molecule has 0 atom stereocenters. The second-order valence-electron chi connectivity index (χ2n) is 11.2. The van der Waals surface area contributed by atoms with Crippen LogP contribution in [-0.4, -0.2) is 0 Å². The molecular formula is C40H40N6. The predicted octanol–water partition coefficient (Wildman–Crippen LogP) is 8.13. The molecule has 0 aliphatic carbocycles. The van der Waals surface area contributed by atoms with Crippen molar-refractivity contribution in [2.75, 3.05) is 9.80 Å². The molecule has 6 rings (SSSR count). The van der Waals surface area contributed by atoms with Crippen molar-refractivity contribution in [3.63, 3.8) is 0 Å². The molecule has 6 nitrogen and oxygen atoms in total. The molecule has 0 heterocycles. The third-order valence-corrected chi connectivity index (χ3v) is 8.31. The fourth-order valence-corrected chi connectivity index (χ4v) is 5.62. The minimum atomic E-state index is 0.512. The standard InChI is InChI=1S/C40H40N6/c41-25-29-1-13-35(14-2-29)45(36-15-3-30(26-42)4-16-36)39-21-9-33(10-22-39)34-11-23-40(24-12-34)46(37-17-5-31(27-43)6-18-37)38-19-7-32(28-44)8-20-38/h1-24H,25-28,41-44H2. The molecule has 0 amide bonds. The van der Waals surface area contributed by atoms with Crippen molar-refractivity contribution >= 4 is 34.1 Å². The molecule has 6 heteroatoms. The van der Waals surface area contributed by atoms with Gasteiger partial charge in [0.25, 0.3) is 0 Å². The first-order chi connectivity index (χ1) is 22.6. The zero-order valence-electron chi connectivity index (χ0n) is 25.9. The minimum Gasteiger partial charge on any atom is -0.326 e. The van der Waals surface area contributed by atoms with Gasteiger partial charge in [0.05, 0.1) is 0 Å². The van der Waals surface area contributed by atoms with Crippen LogP contribution in [0, 0.1) is 0 Å². The molecule has 0 aromatic heterocycles. The van der Waals surface area contributed by atoms with Crippen LogP contribution in [0.25, 0.3) is 11.1 Å². The lowest BCUT2D eigenvalue weighted by Crippen LogP contribution is -2.11. The van der Waals surface area contributed by atoms with Gasteiger partial charge in [0.2, 0.25) is 0 Å². The van der Waals surface area contributed by atoms with E-state index in [9.17, 15) is 0 Å². The van der Waals surface area contributed by atoms with E-state index in [0.29, 0.717) is 26.2 Å². The molecule has 0 aliphatic heterocycles. The van der Waals surface area contributed by atoms with Gasteiger partial charge in [0.15, 0.2) is 0 Å². The first kappa shape index (κ1) is 30.8. The normalized spacial score (nSPS) is 11.0. The van der Waals surface area contributed by atoms with E-state index in [-0.39, 0.29) is 0 Å². The van der Waals surface area contributed by atoms with Crippen LogP contribution in [0.1, 0.15) is 22.3 Å². The van der Waals surface area contributed by atoms with E-state index >= 15 is 0 Å². The lowest BCUT2D eigenvalue weighted by Gasteiger charge is -2.26.